The lowest BCUT2D eigenvalue weighted by atomic mass is 10.1. The van der Waals surface area contributed by atoms with Crippen LogP contribution in [0.4, 0.5) is 5.69 Å². The first-order chi connectivity index (χ1) is 13.4. The van der Waals surface area contributed by atoms with E-state index in [0.29, 0.717) is 28.2 Å². The number of azo groups is 1. The van der Waals surface area contributed by atoms with Crippen LogP contribution in [0.15, 0.2) is 43.4 Å². The molecule has 0 fully saturated rings. The number of halogens is 2. The van der Waals surface area contributed by atoms with Gasteiger partial charge in [-0.2, -0.15) is 0 Å². The molecule has 0 spiro atoms. The van der Waals surface area contributed by atoms with Gasteiger partial charge >= 0.3 is 0 Å². The normalized spacial score (nSPS) is 11.2. The SMILES string of the molecule is COc1cc(C(=O)N=Nc2c(O)[nH]c3c(Br)cc(Br)cc23)cc(OC)c1OC. The highest BCUT2D eigenvalue weighted by atomic mass is 79.9. The molecule has 1 amide bonds. The maximum atomic E-state index is 12.5. The number of aromatic hydroxyl groups is 1. The van der Waals surface area contributed by atoms with Crippen molar-refractivity contribution in [2.45, 2.75) is 0 Å². The van der Waals surface area contributed by atoms with E-state index < -0.39 is 5.91 Å². The van der Waals surface area contributed by atoms with Crippen LogP contribution in [0.3, 0.4) is 0 Å². The summed E-state index contributed by atoms with van der Waals surface area (Å²) < 4.78 is 17.2. The first-order valence-electron chi connectivity index (χ1n) is 7.85. The predicted molar refractivity (Wildman–Crippen MR) is 110 cm³/mol. The Morgan fingerprint density at radius 3 is 2.25 bits per heavy atom. The van der Waals surface area contributed by atoms with Crippen LogP contribution in [-0.4, -0.2) is 37.3 Å². The van der Waals surface area contributed by atoms with Crippen LogP contribution in [0.25, 0.3) is 10.9 Å². The zero-order chi connectivity index (χ0) is 20.4. The van der Waals surface area contributed by atoms with E-state index in [4.69, 9.17) is 14.2 Å². The van der Waals surface area contributed by atoms with Gasteiger partial charge in [0.25, 0.3) is 5.91 Å². The first-order valence-corrected chi connectivity index (χ1v) is 9.44. The van der Waals surface area contributed by atoms with Crippen molar-refractivity contribution in [2.24, 2.45) is 10.2 Å². The van der Waals surface area contributed by atoms with Gasteiger partial charge in [-0.3, -0.25) is 4.79 Å². The minimum Gasteiger partial charge on any atom is -0.493 e. The predicted octanol–water partition coefficient (Wildman–Crippen LogP) is 5.35. The van der Waals surface area contributed by atoms with Gasteiger partial charge in [-0.1, -0.05) is 15.9 Å². The van der Waals surface area contributed by atoms with Crippen molar-refractivity contribution in [3.63, 3.8) is 0 Å². The molecule has 8 nitrogen and oxygen atoms in total. The van der Waals surface area contributed by atoms with Crippen LogP contribution in [0.2, 0.25) is 0 Å². The van der Waals surface area contributed by atoms with Crippen LogP contribution in [0, 0.1) is 0 Å². The number of amides is 1. The van der Waals surface area contributed by atoms with E-state index >= 15 is 0 Å². The summed E-state index contributed by atoms with van der Waals surface area (Å²) in [5.41, 5.74) is 0.979. The van der Waals surface area contributed by atoms with Crippen molar-refractivity contribution < 1.29 is 24.1 Å². The van der Waals surface area contributed by atoms with Crippen molar-refractivity contribution in [1.29, 1.82) is 0 Å². The highest BCUT2D eigenvalue weighted by molar-refractivity contribution is 9.11. The molecule has 0 unspecified atom stereocenters. The monoisotopic (exact) mass is 511 g/mol. The number of carbonyl (C=O) groups excluding carboxylic acids is 1. The summed E-state index contributed by atoms with van der Waals surface area (Å²) in [7, 11) is 4.37. The first kappa shape index (κ1) is 20.2. The fraction of sp³-hybridized carbons (Fsp3) is 0.167. The summed E-state index contributed by atoms with van der Waals surface area (Å²) in [5, 5.41) is 18.4. The maximum absolute atomic E-state index is 12.5. The number of H-pyrrole nitrogens is 1. The van der Waals surface area contributed by atoms with Gasteiger partial charge in [0.1, 0.15) is 0 Å². The Bertz CT molecular complexity index is 1070. The summed E-state index contributed by atoms with van der Waals surface area (Å²) in [4.78, 5) is 15.3. The van der Waals surface area contributed by atoms with Gasteiger partial charge in [-0.25, -0.2) is 0 Å². The molecule has 0 atom stereocenters. The maximum Gasteiger partial charge on any atom is 0.295 e. The van der Waals surface area contributed by atoms with Gasteiger partial charge in [0.2, 0.25) is 11.6 Å². The molecule has 10 heteroatoms. The molecule has 0 bridgehead atoms. The fourth-order valence-electron chi connectivity index (χ4n) is 2.65. The molecule has 0 aliphatic carbocycles. The average molecular weight is 513 g/mol. The third-order valence-corrected chi connectivity index (χ3v) is 5.01. The van der Waals surface area contributed by atoms with Gasteiger partial charge in [0.05, 0.1) is 32.4 Å². The number of methoxy groups -OCH3 is 3. The highest BCUT2D eigenvalue weighted by Crippen LogP contribution is 2.41. The minimum absolute atomic E-state index is 0.151. The number of fused-ring (bicyclic) bond motifs is 1. The Hall–Kier alpha value is -2.59. The lowest BCUT2D eigenvalue weighted by Gasteiger charge is -2.12. The molecule has 0 aliphatic rings. The fourth-order valence-corrected chi connectivity index (χ4v) is 3.98. The van der Waals surface area contributed by atoms with Crippen molar-refractivity contribution >= 4 is 54.4 Å². The largest absolute Gasteiger partial charge is 0.493 e. The van der Waals surface area contributed by atoms with Crippen LogP contribution < -0.4 is 14.2 Å². The standard InChI is InChI=1S/C18H15Br2N3O5/c1-26-12-4-8(5-13(27-2)16(12)28-3)17(24)23-22-15-10-6-9(19)7-11(20)14(10)21-18(15)25/h4-7,21,25H,1-3H3. The summed E-state index contributed by atoms with van der Waals surface area (Å²) in [5.74, 6) is 0.172. The number of nitrogens with one attached hydrogen (secondary N) is 1. The molecule has 3 rings (SSSR count). The molecule has 1 aromatic heterocycles. The Balaban J connectivity index is 2.01. The van der Waals surface area contributed by atoms with E-state index in [-0.39, 0.29) is 17.1 Å². The molecule has 0 saturated carbocycles. The molecule has 3 aromatic rings. The van der Waals surface area contributed by atoms with E-state index in [1.807, 2.05) is 6.07 Å². The quantitative estimate of drug-likeness (QED) is 0.448. The Morgan fingerprint density at radius 1 is 1.04 bits per heavy atom. The number of nitrogens with zero attached hydrogens (tertiary/aromatic N) is 2. The third kappa shape index (κ3) is 3.69. The lowest BCUT2D eigenvalue weighted by Crippen LogP contribution is -2.00. The van der Waals surface area contributed by atoms with E-state index in [9.17, 15) is 9.90 Å². The Labute approximate surface area is 176 Å². The van der Waals surface area contributed by atoms with Gasteiger partial charge in [0, 0.05) is 14.3 Å². The summed E-state index contributed by atoms with van der Waals surface area (Å²) in [6, 6.07) is 6.53. The molecule has 0 saturated heterocycles. The van der Waals surface area contributed by atoms with Crippen LogP contribution in [-0.2, 0) is 0 Å². The molecule has 28 heavy (non-hydrogen) atoms. The van der Waals surface area contributed by atoms with E-state index in [2.05, 4.69) is 47.1 Å². The zero-order valence-electron chi connectivity index (χ0n) is 15.0. The van der Waals surface area contributed by atoms with Gasteiger partial charge in [0.15, 0.2) is 17.2 Å². The summed E-state index contributed by atoms with van der Waals surface area (Å²) in [6.45, 7) is 0. The Morgan fingerprint density at radius 2 is 1.68 bits per heavy atom. The molecule has 146 valence electrons. The van der Waals surface area contributed by atoms with Crippen molar-refractivity contribution in [2.75, 3.05) is 21.3 Å². The van der Waals surface area contributed by atoms with E-state index in [1.54, 1.807) is 6.07 Å². The Kier molecular flexibility index (Phi) is 5.90. The zero-order valence-corrected chi connectivity index (χ0v) is 18.2. The van der Waals surface area contributed by atoms with Gasteiger partial charge in [-0.15, -0.1) is 10.2 Å². The highest BCUT2D eigenvalue weighted by Gasteiger charge is 2.18. The topological polar surface area (TPSA) is 106 Å². The number of hydrogen-bond acceptors (Lipinski definition) is 6. The number of hydrogen-bond donors (Lipinski definition) is 2. The second-order valence-electron chi connectivity index (χ2n) is 5.55. The smallest absolute Gasteiger partial charge is 0.295 e. The number of benzene rings is 2. The van der Waals surface area contributed by atoms with Gasteiger partial charge in [-0.05, 0) is 40.2 Å². The van der Waals surface area contributed by atoms with Crippen LogP contribution in [0.1, 0.15) is 10.4 Å². The summed E-state index contributed by atoms with van der Waals surface area (Å²) in [6.07, 6.45) is 0. The van der Waals surface area contributed by atoms with E-state index in [0.717, 1.165) is 8.95 Å². The number of carbonyl (C=O) groups is 1. The number of aromatic amines is 1. The third-order valence-electron chi connectivity index (χ3n) is 3.93. The van der Waals surface area contributed by atoms with Crippen molar-refractivity contribution in [3.05, 3.63) is 38.8 Å². The van der Waals surface area contributed by atoms with Crippen LogP contribution >= 0.6 is 31.9 Å². The molecule has 2 aromatic carbocycles. The van der Waals surface area contributed by atoms with Gasteiger partial charge < -0.3 is 24.3 Å². The van der Waals surface area contributed by atoms with Crippen molar-refractivity contribution in [1.82, 2.24) is 4.98 Å². The molecule has 2 N–H and O–H groups in total. The second kappa shape index (κ2) is 8.19. The molecule has 0 aliphatic heterocycles. The molecular formula is C18H15Br2N3O5. The number of rotatable bonds is 5. The van der Waals surface area contributed by atoms with Crippen molar-refractivity contribution in [3.8, 4) is 23.1 Å². The second-order valence-corrected chi connectivity index (χ2v) is 7.32. The summed E-state index contributed by atoms with van der Waals surface area (Å²) >= 11 is 6.79. The molecular weight excluding hydrogens is 498 g/mol. The van der Waals surface area contributed by atoms with Crippen LogP contribution in [0.5, 0.6) is 23.1 Å². The lowest BCUT2D eigenvalue weighted by molar-refractivity contribution is 0.0994. The molecule has 0 radical (unpaired) electrons. The number of aromatic nitrogens is 1. The van der Waals surface area contributed by atoms with E-state index in [1.165, 1.54) is 33.5 Å². The average Bonchev–Trinajstić information content (AvgIpc) is 3.00. The minimum atomic E-state index is -0.637. The molecule has 1 heterocycles. The number of ether oxygens (including phenoxy) is 3.